The van der Waals surface area contributed by atoms with Crippen LogP contribution >= 0.6 is 0 Å². The van der Waals surface area contributed by atoms with E-state index in [1.807, 2.05) is 6.92 Å². The molecular formula is C8H14O3. The Morgan fingerprint density at radius 1 is 1.82 bits per heavy atom. The first-order valence-electron chi connectivity index (χ1n) is 4.03. The van der Waals surface area contributed by atoms with Crippen molar-refractivity contribution in [1.29, 1.82) is 0 Å². The molecule has 0 aromatic carbocycles. The Balaban J connectivity index is 2.28. The summed E-state index contributed by atoms with van der Waals surface area (Å²) >= 11 is 0. The summed E-state index contributed by atoms with van der Waals surface area (Å²) in [6.45, 7) is 2.73. The molecule has 1 aliphatic heterocycles. The minimum atomic E-state index is -0.729. The van der Waals surface area contributed by atoms with Crippen LogP contribution in [0.5, 0.6) is 0 Å². The molecule has 0 aromatic heterocycles. The third-order valence-corrected chi connectivity index (χ3v) is 2.10. The molecule has 3 heteroatoms. The molecular weight excluding hydrogens is 144 g/mol. The maximum Gasteiger partial charge on any atom is 0.303 e. The minimum Gasteiger partial charge on any atom is -0.481 e. The second kappa shape index (κ2) is 3.72. The van der Waals surface area contributed by atoms with Crippen LogP contribution in [-0.4, -0.2) is 23.8 Å². The predicted molar refractivity (Wildman–Crippen MR) is 40.4 cm³/mol. The summed E-state index contributed by atoms with van der Waals surface area (Å²) < 4.78 is 5.35. The van der Waals surface area contributed by atoms with Gasteiger partial charge in [-0.05, 0) is 18.8 Å². The first-order chi connectivity index (χ1) is 5.20. The van der Waals surface area contributed by atoms with Gasteiger partial charge in [-0.2, -0.15) is 0 Å². The summed E-state index contributed by atoms with van der Waals surface area (Å²) in [6.07, 6.45) is 2.51. The topological polar surface area (TPSA) is 46.5 Å². The van der Waals surface area contributed by atoms with Gasteiger partial charge in [-0.3, -0.25) is 4.79 Å². The van der Waals surface area contributed by atoms with E-state index in [-0.39, 0.29) is 18.4 Å². The number of rotatable bonds is 3. The largest absolute Gasteiger partial charge is 0.481 e. The van der Waals surface area contributed by atoms with E-state index in [1.54, 1.807) is 0 Å². The van der Waals surface area contributed by atoms with Crippen molar-refractivity contribution in [2.24, 2.45) is 5.92 Å². The molecule has 2 unspecified atom stereocenters. The van der Waals surface area contributed by atoms with Crippen molar-refractivity contribution in [1.82, 2.24) is 0 Å². The van der Waals surface area contributed by atoms with Gasteiger partial charge < -0.3 is 9.84 Å². The third kappa shape index (κ3) is 2.50. The van der Waals surface area contributed by atoms with E-state index in [1.165, 1.54) is 0 Å². The van der Waals surface area contributed by atoms with Crippen LogP contribution in [0.25, 0.3) is 0 Å². The number of hydrogen-bond acceptors (Lipinski definition) is 2. The highest BCUT2D eigenvalue weighted by Crippen LogP contribution is 2.22. The average molecular weight is 158 g/mol. The fourth-order valence-corrected chi connectivity index (χ4v) is 1.46. The van der Waals surface area contributed by atoms with Crippen LogP contribution in [-0.2, 0) is 9.53 Å². The Kier molecular flexibility index (Phi) is 2.88. The lowest BCUT2D eigenvalue weighted by atomic mass is 9.99. The summed E-state index contributed by atoms with van der Waals surface area (Å²) in [5.41, 5.74) is 0. The van der Waals surface area contributed by atoms with E-state index in [2.05, 4.69) is 0 Å². The molecule has 0 spiro atoms. The zero-order valence-corrected chi connectivity index (χ0v) is 6.75. The number of carboxylic acid groups (broad SMARTS) is 1. The number of carbonyl (C=O) groups is 1. The highest BCUT2D eigenvalue weighted by atomic mass is 16.5. The SMILES string of the molecule is CC(CC(=O)O)C1CCCO1. The quantitative estimate of drug-likeness (QED) is 0.673. The zero-order valence-electron chi connectivity index (χ0n) is 6.75. The maximum atomic E-state index is 10.3. The molecule has 0 amide bonds. The van der Waals surface area contributed by atoms with Crippen molar-refractivity contribution in [2.75, 3.05) is 6.61 Å². The second-order valence-corrected chi connectivity index (χ2v) is 3.13. The summed E-state index contributed by atoms with van der Waals surface area (Å²) in [5, 5.41) is 8.49. The number of carboxylic acids is 1. The Morgan fingerprint density at radius 2 is 2.55 bits per heavy atom. The lowest BCUT2D eigenvalue weighted by Gasteiger charge is -2.15. The lowest BCUT2D eigenvalue weighted by Crippen LogP contribution is -2.19. The van der Waals surface area contributed by atoms with Gasteiger partial charge in [-0.1, -0.05) is 6.92 Å². The number of aliphatic carboxylic acids is 1. The van der Waals surface area contributed by atoms with Gasteiger partial charge in [-0.15, -0.1) is 0 Å². The smallest absolute Gasteiger partial charge is 0.303 e. The van der Waals surface area contributed by atoms with E-state index < -0.39 is 5.97 Å². The first-order valence-corrected chi connectivity index (χ1v) is 4.03. The molecule has 11 heavy (non-hydrogen) atoms. The van der Waals surface area contributed by atoms with E-state index in [9.17, 15) is 4.79 Å². The molecule has 0 aliphatic carbocycles. The van der Waals surface area contributed by atoms with Crippen LogP contribution in [0.15, 0.2) is 0 Å². The van der Waals surface area contributed by atoms with Gasteiger partial charge in [-0.25, -0.2) is 0 Å². The second-order valence-electron chi connectivity index (χ2n) is 3.13. The molecule has 0 saturated carbocycles. The number of ether oxygens (including phenoxy) is 1. The monoisotopic (exact) mass is 158 g/mol. The van der Waals surface area contributed by atoms with Crippen LogP contribution in [0.2, 0.25) is 0 Å². The summed E-state index contributed by atoms with van der Waals surface area (Å²) in [7, 11) is 0. The first kappa shape index (κ1) is 8.53. The summed E-state index contributed by atoms with van der Waals surface area (Å²) in [4.78, 5) is 10.3. The van der Waals surface area contributed by atoms with Crippen LogP contribution < -0.4 is 0 Å². The van der Waals surface area contributed by atoms with Gasteiger partial charge in [0, 0.05) is 6.61 Å². The molecule has 1 fully saturated rings. The van der Waals surface area contributed by atoms with Gasteiger partial charge in [0.2, 0.25) is 0 Å². The number of hydrogen-bond donors (Lipinski definition) is 1. The van der Waals surface area contributed by atoms with Crippen LogP contribution in [0.3, 0.4) is 0 Å². The van der Waals surface area contributed by atoms with Crippen molar-refractivity contribution in [2.45, 2.75) is 32.3 Å². The van der Waals surface area contributed by atoms with E-state index >= 15 is 0 Å². The lowest BCUT2D eigenvalue weighted by molar-refractivity contribution is -0.139. The van der Waals surface area contributed by atoms with Crippen molar-refractivity contribution in [3.05, 3.63) is 0 Å². The Labute approximate surface area is 66.4 Å². The van der Waals surface area contributed by atoms with Crippen LogP contribution in [0.4, 0.5) is 0 Å². The third-order valence-electron chi connectivity index (χ3n) is 2.10. The van der Waals surface area contributed by atoms with Gasteiger partial charge in [0.15, 0.2) is 0 Å². The maximum absolute atomic E-state index is 10.3. The standard InChI is InChI=1S/C8H14O3/c1-6(5-8(9)10)7-3-2-4-11-7/h6-7H,2-5H2,1H3,(H,9,10). The van der Waals surface area contributed by atoms with E-state index in [0.717, 1.165) is 19.4 Å². The van der Waals surface area contributed by atoms with E-state index in [0.29, 0.717) is 0 Å². The highest BCUT2D eigenvalue weighted by Gasteiger charge is 2.23. The van der Waals surface area contributed by atoms with Gasteiger partial charge in [0.05, 0.1) is 12.5 Å². The van der Waals surface area contributed by atoms with Crippen LogP contribution in [0, 0.1) is 5.92 Å². The van der Waals surface area contributed by atoms with Crippen molar-refractivity contribution in [3.8, 4) is 0 Å². The molecule has 1 saturated heterocycles. The summed E-state index contributed by atoms with van der Waals surface area (Å²) in [5.74, 6) is -0.567. The van der Waals surface area contributed by atoms with E-state index in [4.69, 9.17) is 9.84 Å². The normalized spacial score (nSPS) is 26.8. The van der Waals surface area contributed by atoms with Gasteiger partial charge >= 0.3 is 5.97 Å². The fourth-order valence-electron chi connectivity index (χ4n) is 1.46. The zero-order chi connectivity index (χ0) is 8.27. The molecule has 3 nitrogen and oxygen atoms in total. The van der Waals surface area contributed by atoms with Crippen molar-refractivity contribution < 1.29 is 14.6 Å². The van der Waals surface area contributed by atoms with Gasteiger partial charge in [0.25, 0.3) is 0 Å². The highest BCUT2D eigenvalue weighted by molar-refractivity contribution is 5.67. The molecule has 0 aromatic rings. The van der Waals surface area contributed by atoms with Gasteiger partial charge in [0.1, 0.15) is 0 Å². The average Bonchev–Trinajstić information content (AvgIpc) is 2.35. The minimum absolute atomic E-state index is 0.162. The predicted octanol–water partition coefficient (Wildman–Crippen LogP) is 1.28. The fraction of sp³-hybridized carbons (Fsp3) is 0.875. The molecule has 2 atom stereocenters. The molecule has 0 bridgehead atoms. The van der Waals surface area contributed by atoms with Crippen molar-refractivity contribution in [3.63, 3.8) is 0 Å². The molecule has 1 aliphatic rings. The molecule has 1 heterocycles. The Bertz CT molecular complexity index is 138. The molecule has 1 rings (SSSR count). The Morgan fingerprint density at radius 3 is 3.00 bits per heavy atom. The molecule has 0 radical (unpaired) electrons. The van der Waals surface area contributed by atoms with Crippen LogP contribution in [0.1, 0.15) is 26.2 Å². The molecule has 64 valence electrons. The van der Waals surface area contributed by atoms with Crippen molar-refractivity contribution >= 4 is 5.97 Å². The molecule has 1 N–H and O–H groups in total. The summed E-state index contributed by atoms with van der Waals surface area (Å²) in [6, 6.07) is 0. The Hall–Kier alpha value is -0.570.